The van der Waals surface area contributed by atoms with Gasteiger partial charge in [0, 0.05) is 11.7 Å². The third-order valence-electron chi connectivity index (χ3n) is 3.24. The summed E-state index contributed by atoms with van der Waals surface area (Å²) in [6.07, 6.45) is 5.08. The minimum atomic E-state index is 0.719. The first kappa shape index (κ1) is 10.5. The standard InChI is InChI=1S/C14H21N/c1-3-4-12-5-7-13(8-6-12)15-14-9-11(2)10-14/h5-8,11,14-15H,3-4,9-10H2,1-2H3. The molecule has 0 bridgehead atoms. The van der Waals surface area contributed by atoms with Gasteiger partial charge in [-0.05, 0) is 42.9 Å². The molecule has 0 spiro atoms. The van der Waals surface area contributed by atoms with Crippen LogP contribution < -0.4 is 5.32 Å². The van der Waals surface area contributed by atoms with Crippen molar-refractivity contribution in [1.82, 2.24) is 0 Å². The Morgan fingerprint density at radius 3 is 2.40 bits per heavy atom. The molecule has 0 aromatic heterocycles. The number of nitrogens with one attached hydrogen (secondary N) is 1. The minimum Gasteiger partial charge on any atom is -0.382 e. The molecule has 2 rings (SSSR count). The van der Waals surface area contributed by atoms with Crippen molar-refractivity contribution in [3.05, 3.63) is 29.8 Å². The maximum Gasteiger partial charge on any atom is 0.0342 e. The fourth-order valence-corrected chi connectivity index (χ4v) is 2.31. The molecule has 0 radical (unpaired) electrons. The third-order valence-corrected chi connectivity index (χ3v) is 3.24. The number of benzene rings is 1. The molecular formula is C14H21N. The first-order chi connectivity index (χ1) is 7.28. The summed E-state index contributed by atoms with van der Waals surface area (Å²) in [5.74, 6) is 0.918. The van der Waals surface area contributed by atoms with Crippen LogP contribution in [0, 0.1) is 5.92 Å². The molecule has 0 saturated heterocycles. The van der Waals surface area contributed by atoms with Gasteiger partial charge in [0.15, 0.2) is 0 Å². The highest BCUT2D eigenvalue weighted by Crippen LogP contribution is 2.29. The molecule has 1 heteroatoms. The number of anilines is 1. The van der Waals surface area contributed by atoms with E-state index in [1.165, 1.54) is 36.9 Å². The lowest BCUT2D eigenvalue weighted by Crippen LogP contribution is -2.33. The van der Waals surface area contributed by atoms with Crippen molar-refractivity contribution < 1.29 is 0 Å². The molecule has 1 aliphatic carbocycles. The van der Waals surface area contributed by atoms with E-state index in [2.05, 4.69) is 43.4 Å². The van der Waals surface area contributed by atoms with Crippen LogP contribution in [0.4, 0.5) is 5.69 Å². The Bertz CT molecular complexity index is 296. The van der Waals surface area contributed by atoms with Crippen molar-refractivity contribution in [3.8, 4) is 0 Å². The van der Waals surface area contributed by atoms with Crippen LogP contribution in [0.1, 0.15) is 38.7 Å². The second-order valence-corrected chi connectivity index (χ2v) is 4.86. The summed E-state index contributed by atoms with van der Waals surface area (Å²) in [7, 11) is 0. The van der Waals surface area contributed by atoms with Crippen molar-refractivity contribution in [1.29, 1.82) is 0 Å². The van der Waals surface area contributed by atoms with Crippen molar-refractivity contribution in [2.75, 3.05) is 5.32 Å². The van der Waals surface area contributed by atoms with Gasteiger partial charge in [0.1, 0.15) is 0 Å². The molecule has 1 aromatic carbocycles. The summed E-state index contributed by atoms with van der Waals surface area (Å²) in [6.45, 7) is 4.55. The quantitative estimate of drug-likeness (QED) is 0.783. The van der Waals surface area contributed by atoms with E-state index >= 15 is 0 Å². The Morgan fingerprint density at radius 2 is 1.87 bits per heavy atom. The van der Waals surface area contributed by atoms with E-state index in [1.807, 2.05) is 0 Å². The molecule has 1 saturated carbocycles. The maximum atomic E-state index is 3.58. The zero-order valence-electron chi connectivity index (χ0n) is 9.79. The van der Waals surface area contributed by atoms with Crippen LogP contribution in [-0.2, 0) is 6.42 Å². The van der Waals surface area contributed by atoms with Gasteiger partial charge < -0.3 is 5.32 Å². The van der Waals surface area contributed by atoms with E-state index in [0.29, 0.717) is 0 Å². The summed E-state index contributed by atoms with van der Waals surface area (Å²) < 4.78 is 0. The molecule has 1 aliphatic rings. The topological polar surface area (TPSA) is 12.0 Å². The van der Waals surface area contributed by atoms with Crippen molar-refractivity contribution in [2.24, 2.45) is 5.92 Å². The summed E-state index contributed by atoms with van der Waals surface area (Å²) in [4.78, 5) is 0. The molecule has 0 unspecified atom stereocenters. The molecule has 0 heterocycles. The highest BCUT2D eigenvalue weighted by molar-refractivity contribution is 5.45. The average molecular weight is 203 g/mol. The zero-order valence-corrected chi connectivity index (χ0v) is 9.79. The Kier molecular flexibility index (Phi) is 3.30. The Hall–Kier alpha value is -0.980. The molecule has 0 aliphatic heterocycles. The van der Waals surface area contributed by atoms with Gasteiger partial charge in [0.2, 0.25) is 0 Å². The van der Waals surface area contributed by atoms with Crippen LogP contribution in [0.2, 0.25) is 0 Å². The first-order valence-corrected chi connectivity index (χ1v) is 6.13. The summed E-state index contributed by atoms with van der Waals surface area (Å²) in [6, 6.07) is 9.64. The normalized spacial score (nSPS) is 24.7. The minimum absolute atomic E-state index is 0.719. The molecule has 1 N–H and O–H groups in total. The van der Waals surface area contributed by atoms with Crippen molar-refractivity contribution in [3.63, 3.8) is 0 Å². The second-order valence-electron chi connectivity index (χ2n) is 4.86. The lowest BCUT2D eigenvalue weighted by molar-refractivity contribution is 0.309. The molecular weight excluding hydrogens is 182 g/mol. The van der Waals surface area contributed by atoms with E-state index in [0.717, 1.165) is 12.0 Å². The van der Waals surface area contributed by atoms with Gasteiger partial charge in [-0.25, -0.2) is 0 Å². The zero-order chi connectivity index (χ0) is 10.7. The second kappa shape index (κ2) is 4.69. The molecule has 1 aromatic rings. The fraction of sp³-hybridized carbons (Fsp3) is 0.571. The average Bonchev–Trinajstić information content (AvgIpc) is 2.19. The summed E-state index contributed by atoms with van der Waals surface area (Å²) >= 11 is 0. The monoisotopic (exact) mass is 203 g/mol. The van der Waals surface area contributed by atoms with Crippen molar-refractivity contribution in [2.45, 2.75) is 45.6 Å². The van der Waals surface area contributed by atoms with Gasteiger partial charge in [-0.2, -0.15) is 0 Å². The molecule has 1 nitrogen and oxygen atoms in total. The predicted octanol–water partition coefficient (Wildman–Crippen LogP) is 3.85. The van der Waals surface area contributed by atoms with Crippen LogP contribution in [0.3, 0.4) is 0 Å². The van der Waals surface area contributed by atoms with E-state index in [4.69, 9.17) is 0 Å². The van der Waals surface area contributed by atoms with Gasteiger partial charge >= 0.3 is 0 Å². The van der Waals surface area contributed by atoms with E-state index in [1.54, 1.807) is 0 Å². The molecule has 0 atom stereocenters. The molecule has 15 heavy (non-hydrogen) atoms. The van der Waals surface area contributed by atoms with Crippen LogP contribution in [-0.4, -0.2) is 6.04 Å². The SMILES string of the molecule is CCCc1ccc(NC2CC(C)C2)cc1. The van der Waals surface area contributed by atoms with E-state index < -0.39 is 0 Å². The largest absolute Gasteiger partial charge is 0.382 e. The number of hydrogen-bond donors (Lipinski definition) is 1. The van der Waals surface area contributed by atoms with Gasteiger partial charge in [0.05, 0.1) is 0 Å². The Morgan fingerprint density at radius 1 is 1.20 bits per heavy atom. The molecule has 0 amide bonds. The lowest BCUT2D eigenvalue weighted by Gasteiger charge is -2.34. The number of rotatable bonds is 4. The van der Waals surface area contributed by atoms with Crippen LogP contribution >= 0.6 is 0 Å². The Labute approximate surface area is 92.9 Å². The first-order valence-electron chi connectivity index (χ1n) is 6.13. The van der Waals surface area contributed by atoms with Crippen LogP contribution in [0.5, 0.6) is 0 Å². The van der Waals surface area contributed by atoms with E-state index in [9.17, 15) is 0 Å². The highest BCUT2D eigenvalue weighted by atomic mass is 14.9. The van der Waals surface area contributed by atoms with Gasteiger partial charge in [0.25, 0.3) is 0 Å². The molecule has 1 fully saturated rings. The predicted molar refractivity (Wildman–Crippen MR) is 66.2 cm³/mol. The number of aryl methyl sites for hydroxylation is 1. The van der Waals surface area contributed by atoms with Crippen molar-refractivity contribution >= 4 is 5.69 Å². The highest BCUT2D eigenvalue weighted by Gasteiger charge is 2.24. The van der Waals surface area contributed by atoms with Crippen LogP contribution in [0.25, 0.3) is 0 Å². The van der Waals surface area contributed by atoms with Crippen LogP contribution in [0.15, 0.2) is 24.3 Å². The fourth-order valence-electron chi connectivity index (χ4n) is 2.31. The van der Waals surface area contributed by atoms with E-state index in [-0.39, 0.29) is 0 Å². The van der Waals surface area contributed by atoms with Gasteiger partial charge in [-0.1, -0.05) is 32.4 Å². The number of hydrogen-bond acceptors (Lipinski definition) is 1. The molecule has 82 valence electrons. The lowest BCUT2D eigenvalue weighted by atomic mass is 9.82. The summed E-state index contributed by atoms with van der Waals surface area (Å²) in [5.41, 5.74) is 2.73. The Balaban J connectivity index is 1.87. The van der Waals surface area contributed by atoms with Gasteiger partial charge in [-0.3, -0.25) is 0 Å². The smallest absolute Gasteiger partial charge is 0.0342 e. The summed E-state index contributed by atoms with van der Waals surface area (Å²) in [5, 5.41) is 3.58. The van der Waals surface area contributed by atoms with Gasteiger partial charge in [-0.15, -0.1) is 0 Å². The maximum absolute atomic E-state index is 3.58. The third kappa shape index (κ3) is 2.74.